The molecule has 0 aromatic heterocycles. The summed E-state index contributed by atoms with van der Waals surface area (Å²) in [5.41, 5.74) is 0. The van der Waals surface area contributed by atoms with Crippen molar-refractivity contribution in [2.75, 3.05) is 0 Å². The van der Waals surface area contributed by atoms with Crippen molar-refractivity contribution >= 4 is 5.78 Å². The Morgan fingerprint density at radius 2 is 1.50 bits per heavy atom. The number of Topliss-reactive ketones (excluding diaryl/α,β-unsaturated/α-hetero) is 1. The van der Waals surface area contributed by atoms with Gasteiger partial charge in [0.2, 0.25) is 0 Å². The normalized spacial score (nSPS) is 17.5. The highest BCUT2D eigenvalue weighted by atomic mass is 16.3. The zero-order valence-electron chi connectivity index (χ0n) is 4.96. The van der Waals surface area contributed by atoms with Gasteiger partial charge < -0.3 is 10.2 Å². The quantitative estimate of drug-likeness (QED) is 0.505. The Morgan fingerprint density at radius 1 is 1.25 bits per heavy atom. The molecule has 2 N–H and O–H groups in total. The maximum atomic E-state index is 10.3. The van der Waals surface area contributed by atoms with E-state index in [1.807, 2.05) is 0 Å². The Bertz CT molecular complexity index is 75.7. The highest BCUT2D eigenvalue weighted by Crippen LogP contribution is 1.88. The standard InChI is InChI=1S/C5H10O3/c1-3(6)5(8)4(2)7/h3-4,6-7H,1-2H3. The van der Waals surface area contributed by atoms with E-state index in [1.54, 1.807) is 0 Å². The summed E-state index contributed by atoms with van der Waals surface area (Å²) in [5.74, 6) is -0.537. The second-order valence-electron chi connectivity index (χ2n) is 1.75. The smallest absolute Gasteiger partial charge is 0.188 e. The molecule has 3 heteroatoms. The lowest BCUT2D eigenvalue weighted by molar-refractivity contribution is -0.133. The fourth-order valence-corrected chi connectivity index (χ4v) is 0.349. The third-order valence-electron chi connectivity index (χ3n) is 0.824. The Labute approximate surface area is 47.9 Å². The van der Waals surface area contributed by atoms with E-state index in [2.05, 4.69) is 0 Å². The molecule has 0 aromatic carbocycles. The van der Waals surface area contributed by atoms with Gasteiger partial charge in [-0.1, -0.05) is 0 Å². The van der Waals surface area contributed by atoms with Crippen LogP contribution in [-0.2, 0) is 4.79 Å². The van der Waals surface area contributed by atoms with Crippen LogP contribution in [0.5, 0.6) is 0 Å². The summed E-state index contributed by atoms with van der Waals surface area (Å²) in [5, 5.41) is 17.0. The minimum Gasteiger partial charge on any atom is -0.386 e. The number of ketones is 1. The Hall–Kier alpha value is -0.410. The number of carbonyl (C=O) groups is 1. The van der Waals surface area contributed by atoms with Gasteiger partial charge in [0, 0.05) is 0 Å². The average Bonchev–Trinajstić information content (AvgIpc) is 1.64. The maximum Gasteiger partial charge on any atom is 0.188 e. The second-order valence-corrected chi connectivity index (χ2v) is 1.75. The van der Waals surface area contributed by atoms with Crippen LogP contribution in [0.1, 0.15) is 13.8 Å². The molecule has 0 heterocycles. The van der Waals surface area contributed by atoms with Crippen LogP contribution in [0.2, 0.25) is 0 Å². The summed E-state index contributed by atoms with van der Waals surface area (Å²) in [6, 6.07) is 0. The molecule has 3 nitrogen and oxygen atoms in total. The minimum atomic E-state index is -1.05. The molecule has 0 saturated heterocycles. The SMILES string of the molecule is CC(O)C(=O)C(C)O. The first-order chi connectivity index (χ1) is 3.55. The van der Waals surface area contributed by atoms with Crippen molar-refractivity contribution in [3.05, 3.63) is 0 Å². The van der Waals surface area contributed by atoms with Crippen molar-refractivity contribution < 1.29 is 15.0 Å². The van der Waals surface area contributed by atoms with Crippen LogP contribution in [0.3, 0.4) is 0 Å². The van der Waals surface area contributed by atoms with E-state index in [9.17, 15) is 4.79 Å². The fraction of sp³-hybridized carbons (Fsp3) is 0.800. The summed E-state index contributed by atoms with van der Waals surface area (Å²) in [4.78, 5) is 10.3. The summed E-state index contributed by atoms with van der Waals surface area (Å²) in [7, 11) is 0. The lowest BCUT2D eigenvalue weighted by Gasteiger charge is -2.03. The van der Waals surface area contributed by atoms with E-state index < -0.39 is 18.0 Å². The monoisotopic (exact) mass is 118 g/mol. The van der Waals surface area contributed by atoms with Crippen molar-refractivity contribution in [3.8, 4) is 0 Å². The van der Waals surface area contributed by atoms with Gasteiger partial charge in [-0.3, -0.25) is 4.79 Å². The molecule has 48 valence electrons. The second kappa shape index (κ2) is 2.79. The van der Waals surface area contributed by atoms with E-state index in [-0.39, 0.29) is 0 Å². The third kappa shape index (κ3) is 2.04. The molecular weight excluding hydrogens is 108 g/mol. The van der Waals surface area contributed by atoms with Crippen molar-refractivity contribution in [1.82, 2.24) is 0 Å². The van der Waals surface area contributed by atoms with Crippen LogP contribution < -0.4 is 0 Å². The number of rotatable bonds is 2. The fourth-order valence-electron chi connectivity index (χ4n) is 0.349. The van der Waals surface area contributed by atoms with Gasteiger partial charge in [0.1, 0.15) is 12.2 Å². The van der Waals surface area contributed by atoms with Crippen molar-refractivity contribution in [2.24, 2.45) is 0 Å². The first-order valence-corrected chi connectivity index (χ1v) is 2.45. The van der Waals surface area contributed by atoms with Gasteiger partial charge in [0.15, 0.2) is 5.78 Å². The molecule has 0 saturated carbocycles. The summed E-state index contributed by atoms with van der Waals surface area (Å²) < 4.78 is 0. The van der Waals surface area contributed by atoms with Gasteiger partial charge in [-0.25, -0.2) is 0 Å². The molecule has 0 aliphatic heterocycles. The van der Waals surface area contributed by atoms with E-state index >= 15 is 0 Å². The van der Waals surface area contributed by atoms with Crippen molar-refractivity contribution in [1.29, 1.82) is 0 Å². The predicted molar refractivity (Wildman–Crippen MR) is 28.4 cm³/mol. The molecule has 0 spiro atoms. The van der Waals surface area contributed by atoms with E-state index in [0.29, 0.717) is 0 Å². The van der Waals surface area contributed by atoms with Gasteiger partial charge in [-0.2, -0.15) is 0 Å². The van der Waals surface area contributed by atoms with Crippen molar-refractivity contribution in [3.63, 3.8) is 0 Å². The highest BCUT2D eigenvalue weighted by molar-refractivity contribution is 5.86. The molecular formula is C5H10O3. The van der Waals surface area contributed by atoms with Crippen LogP contribution in [0, 0.1) is 0 Å². The lowest BCUT2D eigenvalue weighted by Crippen LogP contribution is -2.27. The van der Waals surface area contributed by atoms with Gasteiger partial charge in [-0.05, 0) is 13.8 Å². The highest BCUT2D eigenvalue weighted by Gasteiger charge is 2.13. The molecule has 0 aromatic rings. The molecule has 8 heavy (non-hydrogen) atoms. The summed E-state index contributed by atoms with van der Waals surface area (Å²) in [6.07, 6.45) is -2.09. The molecule has 0 aliphatic carbocycles. The van der Waals surface area contributed by atoms with Crippen molar-refractivity contribution in [2.45, 2.75) is 26.1 Å². The topological polar surface area (TPSA) is 57.5 Å². The Kier molecular flexibility index (Phi) is 2.65. The molecule has 2 unspecified atom stereocenters. The van der Waals surface area contributed by atoms with Gasteiger partial charge in [0.05, 0.1) is 0 Å². The minimum absolute atomic E-state index is 0.537. The molecule has 0 aliphatic rings. The molecule has 2 atom stereocenters. The van der Waals surface area contributed by atoms with Crippen LogP contribution in [0.15, 0.2) is 0 Å². The molecule has 0 amide bonds. The first kappa shape index (κ1) is 7.59. The number of carbonyl (C=O) groups excluding carboxylic acids is 1. The number of hydrogen-bond acceptors (Lipinski definition) is 3. The summed E-state index contributed by atoms with van der Waals surface area (Å²) >= 11 is 0. The molecule has 0 fully saturated rings. The number of aliphatic hydroxyl groups excluding tert-OH is 2. The molecule has 0 rings (SSSR count). The van der Waals surface area contributed by atoms with E-state index in [1.165, 1.54) is 13.8 Å². The van der Waals surface area contributed by atoms with E-state index in [4.69, 9.17) is 10.2 Å². The average molecular weight is 118 g/mol. The van der Waals surface area contributed by atoms with Gasteiger partial charge in [0.25, 0.3) is 0 Å². The van der Waals surface area contributed by atoms with Crippen LogP contribution in [0.4, 0.5) is 0 Å². The Balaban J connectivity index is 3.65. The van der Waals surface area contributed by atoms with Crippen LogP contribution in [0.25, 0.3) is 0 Å². The molecule has 0 radical (unpaired) electrons. The van der Waals surface area contributed by atoms with Gasteiger partial charge in [-0.15, -0.1) is 0 Å². The number of aliphatic hydroxyl groups is 2. The van der Waals surface area contributed by atoms with Crippen LogP contribution in [-0.4, -0.2) is 28.2 Å². The largest absolute Gasteiger partial charge is 0.386 e. The summed E-state index contributed by atoms with van der Waals surface area (Å²) in [6.45, 7) is 2.66. The predicted octanol–water partition coefficient (Wildman–Crippen LogP) is -0.683. The zero-order valence-corrected chi connectivity index (χ0v) is 4.96. The molecule has 0 bridgehead atoms. The zero-order chi connectivity index (χ0) is 6.73. The van der Waals surface area contributed by atoms with Crippen LogP contribution >= 0.6 is 0 Å². The van der Waals surface area contributed by atoms with Gasteiger partial charge >= 0.3 is 0 Å². The Morgan fingerprint density at radius 3 is 1.50 bits per heavy atom. The third-order valence-corrected chi connectivity index (χ3v) is 0.824. The lowest BCUT2D eigenvalue weighted by atomic mass is 10.2. The van der Waals surface area contributed by atoms with E-state index in [0.717, 1.165) is 0 Å². The first-order valence-electron chi connectivity index (χ1n) is 2.45. The number of hydrogen-bond donors (Lipinski definition) is 2. The maximum absolute atomic E-state index is 10.3.